The first-order valence-corrected chi connectivity index (χ1v) is 8.31. The van der Waals surface area contributed by atoms with E-state index < -0.39 is 49.1 Å². The Bertz CT molecular complexity index is 656. The van der Waals surface area contributed by atoms with Gasteiger partial charge in [0.05, 0.1) is 17.9 Å². The monoisotopic (exact) mass is 372 g/mol. The summed E-state index contributed by atoms with van der Waals surface area (Å²) in [4.78, 5) is 24.7. The molecule has 1 unspecified atom stereocenters. The smallest absolute Gasteiger partial charge is 0.394 e. The van der Waals surface area contributed by atoms with Gasteiger partial charge in [-0.1, -0.05) is 51.1 Å². The van der Waals surface area contributed by atoms with E-state index in [1.54, 1.807) is 0 Å². The lowest BCUT2D eigenvalue weighted by Crippen LogP contribution is -2.44. The van der Waals surface area contributed by atoms with Gasteiger partial charge in [-0.05, 0) is 11.0 Å². The van der Waals surface area contributed by atoms with E-state index in [-0.39, 0.29) is 5.41 Å². The van der Waals surface area contributed by atoms with Crippen molar-refractivity contribution < 1.29 is 27.9 Å². The molecule has 0 spiro atoms. The van der Waals surface area contributed by atoms with Crippen LogP contribution in [0.1, 0.15) is 32.4 Å². The molecule has 2 rings (SSSR count). The van der Waals surface area contributed by atoms with Gasteiger partial charge in [0, 0.05) is 13.1 Å². The van der Waals surface area contributed by atoms with Crippen LogP contribution in [0.25, 0.3) is 0 Å². The molecular formula is C18H23F3N2O3. The molecule has 5 nitrogen and oxygen atoms in total. The first-order valence-electron chi connectivity index (χ1n) is 8.31. The zero-order valence-electron chi connectivity index (χ0n) is 14.9. The molecule has 0 saturated carbocycles. The van der Waals surface area contributed by atoms with Crippen LogP contribution in [-0.2, 0) is 4.79 Å². The predicted octanol–water partition coefficient (Wildman–Crippen LogP) is 3.68. The molecule has 3 atom stereocenters. The van der Waals surface area contributed by atoms with Crippen molar-refractivity contribution >= 4 is 12.0 Å². The number of aliphatic carboxylic acids is 1. The van der Waals surface area contributed by atoms with Crippen molar-refractivity contribution in [2.45, 2.75) is 33.0 Å². The van der Waals surface area contributed by atoms with E-state index in [9.17, 15) is 22.8 Å². The highest BCUT2D eigenvalue weighted by atomic mass is 19.4. The van der Waals surface area contributed by atoms with Crippen molar-refractivity contribution in [1.82, 2.24) is 10.2 Å². The molecule has 1 saturated heterocycles. The summed E-state index contributed by atoms with van der Waals surface area (Å²) < 4.78 is 39.3. The number of carbonyl (C=O) groups excluding carboxylic acids is 1. The molecule has 8 heteroatoms. The first-order chi connectivity index (χ1) is 11.9. The molecule has 2 amide bonds. The largest absolute Gasteiger partial charge is 0.481 e. The van der Waals surface area contributed by atoms with Crippen molar-refractivity contribution in [1.29, 1.82) is 0 Å². The fraction of sp³-hybridized carbons (Fsp3) is 0.556. The second-order valence-electron chi connectivity index (χ2n) is 7.66. The number of urea groups is 1. The highest BCUT2D eigenvalue weighted by molar-refractivity contribution is 5.78. The van der Waals surface area contributed by atoms with Crippen LogP contribution in [0, 0.1) is 17.3 Å². The van der Waals surface area contributed by atoms with E-state index in [2.05, 4.69) is 5.32 Å². The molecular weight excluding hydrogens is 349 g/mol. The average molecular weight is 372 g/mol. The van der Waals surface area contributed by atoms with Crippen molar-refractivity contribution in [3.63, 3.8) is 0 Å². The molecule has 1 fully saturated rings. The Morgan fingerprint density at radius 3 is 2.15 bits per heavy atom. The third-order valence-electron chi connectivity index (χ3n) is 4.61. The number of nitrogens with one attached hydrogen (secondary N) is 1. The van der Waals surface area contributed by atoms with Crippen LogP contribution >= 0.6 is 0 Å². The van der Waals surface area contributed by atoms with Crippen molar-refractivity contribution in [3.8, 4) is 0 Å². The molecule has 0 bridgehead atoms. The standard InChI is InChI=1S/C18H23F3N2O3/c1-17(2,3)14(11-7-5-4-6-8-11)22-16(26)23-9-12(15(24)25)13(10-23)18(19,20)21/h4-8,12-14H,9-10H2,1-3H3,(H,22,26)(H,24,25)/t12-,13-,14?/m1/s1. The minimum Gasteiger partial charge on any atom is -0.481 e. The molecule has 1 aromatic carbocycles. The van der Waals surface area contributed by atoms with Gasteiger partial charge in [0.15, 0.2) is 0 Å². The number of carboxylic acids is 1. The van der Waals surface area contributed by atoms with Crippen LogP contribution in [0.3, 0.4) is 0 Å². The maximum Gasteiger partial charge on any atom is 0.394 e. The number of carbonyl (C=O) groups is 2. The van der Waals surface area contributed by atoms with Crippen LogP contribution in [-0.4, -0.2) is 41.3 Å². The molecule has 1 aromatic rings. The maximum absolute atomic E-state index is 13.1. The normalized spacial score (nSPS) is 22.2. The summed E-state index contributed by atoms with van der Waals surface area (Å²) in [5, 5.41) is 11.9. The number of halogens is 3. The SMILES string of the molecule is CC(C)(C)C(NC(=O)N1C[C@@H](C(F)(F)F)[C@H](C(=O)O)C1)c1ccccc1. The van der Waals surface area contributed by atoms with E-state index in [1.165, 1.54) is 0 Å². The summed E-state index contributed by atoms with van der Waals surface area (Å²) in [5.41, 5.74) is 0.446. The summed E-state index contributed by atoms with van der Waals surface area (Å²) in [6, 6.07) is 8.01. The van der Waals surface area contributed by atoms with E-state index >= 15 is 0 Å². The van der Waals surface area contributed by atoms with Gasteiger partial charge in [0.2, 0.25) is 0 Å². The van der Waals surface area contributed by atoms with E-state index in [1.807, 2.05) is 51.1 Å². The third kappa shape index (κ3) is 4.47. The molecule has 1 aliphatic rings. The second-order valence-corrected chi connectivity index (χ2v) is 7.66. The van der Waals surface area contributed by atoms with Gasteiger partial charge in [-0.3, -0.25) is 4.79 Å². The molecule has 0 radical (unpaired) electrons. The Morgan fingerprint density at radius 1 is 1.15 bits per heavy atom. The van der Waals surface area contributed by atoms with Crippen molar-refractivity contribution in [2.24, 2.45) is 17.3 Å². The fourth-order valence-electron chi connectivity index (χ4n) is 3.21. The minimum atomic E-state index is -4.67. The summed E-state index contributed by atoms with van der Waals surface area (Å²) in [6.45, 7) is 4.61. The number of nitrogens with zero attached hydrogens (tertiary/aromatic N) is 1. The number of amides is 2. The highest BCUT2D eigenvalue weighted by Crippen LogP contribution is 2.38. The van der Waals surface area contributed by atoms with E-state index in [0.717, 1.165) is 10.5 Å². The van der Waals surface area contributed by atoms with Gasteiger partial charge < -0.3 is 15.3 Å². The van der Waals surface area contributed by atoms with Crippen LogP contribution in [0.4, 0.5) is 18.0 Å². The molecule has 0 aliphatic carbocycles. The van der Waals surface area contributed by atoms with E-state index in [4.69, 9.17) is 5.11 Å². The number of likely N-dealkylation sites (tertiary alicyclic amines) is 1. The Morgan fingerprint density at radius 2 is 1.73 bits per heavy atom. The van der Waals surface area contributed by atoms with Gasteiger partial charge in [-0.25, -0.2) is 4.79 Å². The number of alkyl halides is 3. The first kappa shape index (κ1) is 20.1. The van der Waals surface area contributed by atoms with Gasteiger partial charge in [0.25, 0.3) is 0 Å². The van der Waals surface area contributed by atoms with Gasteiger partial charge >= 0.3 is 18.2 Å². The Balaban J connectivity index is 2.19. The lowest BCUT2D eigenvalue weighted by molar-refractivity contribution is -0.187. The van der Waals surface area contributed by atoms with Gasteiger partial charge in [0.1, 0.15) is 0 Å². The highest BCUT2D eigenvalue weighted by Gasteiger charge is 2.53. The minimum absolute atomic E-state index is 0.383. The Labute approximate surface area is 150 Å². The summed E-state index contributed by atoms with van der Waals surface area (Å²) in [6.07, 6.45) is -4.67. The quantitative estimate of drug-likeness (QED) is 0.850. The molecule has 1 aliphatic heterocycles. The second kappa shape index (κ2) is 7.17. The molecule has 26 heavy (non-hydrogen) atoms. The van der Waals surface area contributed by atoms with Crippen LogP contribution < -0.4 is 5.32 Å². The summed E-state index contributed by atoms with van der Waals surface area (Å²) in [7, 11) is 0. The summed E-state index contributed by atoms with van der Waals surface area (Å²) in [5.74, 6) is -5.25. The van der Waals surface area contributed by atoms with Crippen LogP contribution in [0.2, 0.25) is 0 Å². The van der Waals surface area contributed by atoms with Crippen LogP contribution in [0.5, 0.6) is 0 Å². The zero-order chi connectivity index (χ0) is 19.7. The summed E-state index contributed by atoms with van der Waals surface area (Å²) >= 11 is 0. The Hall–Kier alpha value is -2.25. The van der Waals surface area contributed by atoms with Crippen molar-refractivity contribution in [3.05, 3.63) is 35.9 Å². The van der Waals surface area contributed by atoms with Crippen LogP contribution in [0.15, 0.2) is 30.3 Å². The van der Waals surface area contributed by atoms with Gasteiger partial charge in [-0.15, -0.1) is 0 Å². The van der Waals surface area contributed by atoms with E-state index in [0.29, 0.717) is 0 Å². The third-order valence-corrected chi connectivity index (χ3v) is 4.61. The Kier molecular flexibility index (Phi) is 5.53. The fourth-order valence-corrected chi connectivity index (χ4v) is 3.21. The average Bonchev–Trinajstić information content (AvgIpc) is 2.98. The molecule has 1 heterocycles. The number of hydrogen-bond donors (Lipinski definition) is 2. The topological polar surface area (TPSA) is 69.6 Å². The lowest BCUT2D eigenvalue weighted by atomic mass is 9.82. The van der Waals surface area contributed by atoms with Crippen molar-refractivity contribution in [2.75, 3.05) is 13.1 Å². The molecule has 144 valence electrons. The lowest BCUT2D eigenvalue weighted by Gasteiger charge is -2.33. The predicted molar refractivity (Wildman–Crippen MR) is 89.4 cm³/mol. The van der Waals surface area contributed by atoms with Gasteiger partial charge in [-0.2, -0.15) is 13.2 Å². The number of rotatable bonds is 3. The zero-order valence-corrected chi connectivity index (χ0v) is 14.9. The number of benzene rings is 1. The number of carboxylic acid groups (broad SMARTS) is 1. The number of hydrogen-bond acceptors (Lipinski definition) is 2. The molecule has 0 aromatic heterocycles. The molecule has 2 N–H and O–H groups in total. The maximum atomic E-state index is 13.1.